The second-order valence-electron chi connectivity index (χ2n) is 9.00. The third kappa shape index (κ3) is 8.05. The first kappa shape index (κ1) is 28.8. The van der Waals surface area contributed by atoms with E-state index in [0.717, 1.165) is 5.56 Å². The molecule has 0 heterocycles. The molecule has 8 nitrogen and oxygen atoms in total. The molecule has 0 spiro atoms. The fourth-order valence-corrected chi connectivity index (χ4v) is 3.76. The molecule has 0 bridgehead atoms. The van der Waals surface area contributed by atoms with E-state index in [1.165, 1.54) is 4.90 Å². The van der Waals surface area contributed by atoms with Crippen LogP contribution in [0.2, 0.25) is 0 Å². The minimum absolute atomic E-state index is 0.0219. The highest BCUT2D eigenvalue weighted by Crippen LogP contribution is 2.26. The van der Waals surface area contributed by atoms with Crippen molar-refractivity contribution in [3.05, 3.63) is 66.2 Å². The zero-order valence-electron chi connectivity index (χ0n) is 21.4. The summed E-state index contributed by atoms with van der Waals surface area (Å²) in [5, 5.41) is 5.46. The molecule has 0 saturated carbocycles. The van der Waals surface area contributed by atoms with E-state index in [4.69, 9.17) is 9.47 Å². The van der Waals surface area contributed by atoms with Gasteiger partial charge in [-0.3, -0.25) is 9.59 Å². The fraction of sp³-hybridized carbons (Fsp3) is 0.370. The number of amides is 3. The minimum Gasteiger partial charge on any atom is -0.497 e. The maximum absolute atomic E-state index is 13.6. The minimum atomic E-state index is -0.998. The number of rotatable bonds is 10. The summed E-state index contributed by atoms with van der Waals surface area (Å²) < 4.78 is 10.5. The summed E-state index contributed by atoms with van der Waals surface area (Å²) in [6, 6.07) is 12.1. The third-order valence-corrected chi connectivity index (χ3v) is 5.54. The maximum atomic E-state index is 13.6. The summed E-state index contributed by atoms with van der Waals surface area (Å²) in [6.45, 7) is 11.0. The van der Waals surface area contributed by atoms with Crippen molar-refractivity contribution in [3.8, 4) is 5.75 Å². The van der Waals surface area contributed by atoms with Crippen molar-refractivity contribution >= 4 is 42.3 Å². The lowest BCUT2D eigenvalue weighted by atomic mass is 10.0. The van der Waals surface area contributed by atoms with Gasteiger partial charge in [-0.05, 0) is 69.2 Å². The van der Waals surface area contributed by atoms with Crippen LogP contribution < -0.4 is 15.4 Å². The van der Waals surface area contributed by atoms with Crippen molar-refractivity contribution in [1.82, 2.24) is 10.2 Å². The number of methoxy groups -OCH3 is 1. The molecule has 9 heteroatoms. The van der Waals surface area contributed by atoms with Crippen molar-refractivity contribution < 1.29 is 23.9 Å². The van der Waals surface area contributed by atoms with E-state index in [1.807, 2.05) is 6.07 Å². The number of carbonyl (C=O) groups excluding carboxylic acids is 3. The van der Waals surface area contributed by atoms with Crippen molar-refractivity contribution in [2.75, 3.05) is 24.7 Å². The standard InChI is InChI=1S/C27H35N3O5S/c1-7-18-10-9-11-19(16-18)23(24(31)28-20-12-14-21(34-6)15-13-20)30(8-2)25(32)22(17-36)29-26(33)35-27(3,4)5/h7,9-16,22-23,36H,1,8,17H2,2-6H3,(H,28,31)(H,29,33). The molecule has 3 amide bonds. The maximum Gasteiger partial charge on any atom is 0.408 e. The van der Waals surface area contributed by atoms with Crippen LogP contribution in [0.15, 0.2) is 55.1 Å². The first-order valence-corrected chi connectivity index (χ1v) is 12.2. The number of alkyl carbamates (subject to hydrolysis) is 1. The zero-order chi connectivity index (χ0) is 26.9. The van der Waals surface area contributed by atoms with E-state index in [1.54, 1.807) is 83.3 Å². The molecule has 0 radical (unpaired) electrons. The summed E-state index contributed by atoms with van der Waals surface area (Å²) in [7, 11) is 1.56. The second-order valence-corrected chi connectivity index (χ2v) is 9.37. The van der Waals surface area contributed by atoms with Gasteiger partial charge in [0.2, 0.25) is 5.91 Å². The van der Waals surface area contributed by atoms with Crippen molar-refractivity contribution in [1.29, 1.82) is 0 Å². The van der Waals surface area contributed by atoms with Crippen LogP contribution in [0.1, 0.15) is 44.9 Å². The number of nitrogens with zero attached hydrogens (tertiary/aromatic N) is 1. The Bertz CT molecular complexity index is 1070. The van der Waals surface area contributed by atoms with E-state index in [-0.39, 0.29) is 12.3 Å². The van der Waals surface area contributed by atoms with Gasteiger partial charge in [-0.25, -0.2) is 4.79 Å². The summed E-state index contributed by atoms with van der Waals surface area (Å²) in [5.74, 6) is -0.198. The monoisotopic (exact) mass is 513 g/mol. The molecule has 2 rings (SSSR count). The van der Waals surface area contributed by atoms with Gasteiger partial charge in [0.05, 0.1) is 7.11 Å². The van der Waals surface area contributed by atoms with Gasteiger partial charge in [0, 0.05) is 18.0 Å². The van der Waals surface area contributed by atoms with Crippen LogP contribution in [-0.4, -0.2) is 53.9 Å². The number of thiol groups is 1. The molecule has 0 aliphatic carbocycles. The molecule has 2 unspecified atom stereocenters. The highest BCUT2D eigenvalue weighted by Gasteiger charge is 2.35. The molecule has 2 atom stereocenters. The molecule has 2 aromatic carbocycles. The number of likely N-dealkylation sites (N-methyl/N-ethyl adjacent to an activating group) is 1. The fourth-order valence-electron chi connectivity index (χ4n) is 3.51. The number of hydrogen-bond acceptors (Lipinski definition) is 6. The van der Waals surface area contributed by atoms with Crippen LogP contribution in [-0.2, 0) is 14.3 Å². The predicted molar refractivity (Wildman–Crippen MR) is 145 cm³/mol. The largest absolute Gasteiger partial charge is 0.497 e. The van der Waals surface area contributed by atoms with Crippen LogP contribution in [0.3, 0.4) is 0 Å². The van der Waals surface area contributed by atoms with Gasteiger partial charge < -0.3 is 25.0 Å². The molecule has 194 valence electrons. The van der Waals surface area contributed by atoms with Gasteiger partial charge in [0.25, 0.3) is 5.91 Å². The van der Waals surface area contributed by atoms with E-state index in [2.05, 4.69) is 29.8 Å². The number of nitrogens with one attached hydrogen (secondary N) is 2. The SMILES string of the molecule is C=Cc1cccc(C(C(=O)Nc2ccc(OC)cc2)N(CC)C(=O)C(CS)NC(=O)OC(C)(C)C)c1. The topological polar surface area (TPSA) is 97.0 Å². The van der Waals surface area contributed by atoms with Gasteiger partial charge in [0.15, 0.2) is 0 Å². The van der Waals surface area contributed by atoms with Crippen molar-refractivity contribution in [2.45, 2.75) is 45.4 Å². The molecular formula is C27H35N3O5S. The molecule has 0 fully saturated rings. The second kappa shape index (κ2) is 13.0. The molecular weight excluding hydrogens is 478 g/mol. The average Bonchev–Trinajstić information content (AvgIpc) is 2.84. The smallest absolute Gasteiger partial charge is 0.408 e. The summed E-state index contributed by atoms with van der Waals surface area (Å²) >= 11 is 4.27. The Morgan fingerprint density at radius 1 is 1.14 bits per heavy atom. The zero-order valence-corrected chi connectivity index (χ0v) is 22.3. The van der Waals surface area contributed by atoms with Gasteiger partial charge in [0.1, 0.15) is 23.4 Å². The van der Waals surface area contributed by atoms with Crippen LogP contribution in [0.5, 0.6) is 5.75 Å². The Labute approximate surface area is 218 Å². The van der Waals surface area contributed by atoms with Crippen molar-refractivity contribution in [2.24, 2.45) is 0 Å². The highest BCUT2D eigenvalue weighted by molar-refractivity contribution is 7.80. The van der Waals surface area contributed by atoms with E-state index in [0.29, 0.717) is 17.0 Å². The van der Waals surface area contributed by atoms with Gasteiger partial charge in [-0.2, -0.15) is 12.6 Å². The number of anilines is 1. The number of hydrogen-bond donors (Lipinski definition) is 3. The lowest BCUT2D eigenvalue weighted by Gasteiger charge is -2.33. The van der Waals surface area contributed by atoms with E-state index < -0.39 is 35.6 Å². The summed E-state index contributed by atoms with van der Waals surface area (Å²) in [4.78, 5) is 41.0. The number of carbonyl (C=O) groups is 3. The van der Waals surface area contributed by atoms with E-state index >= 15 is 0 Å². The van der Waals surface area contributed by atoms with Gasteiger partial charge >= 0.3 is 6.09 Å². The Morgan fingerprint density at radius 2 is 1.81 bits per heavy atom. The Hall–Kier alpha value is -3.46. The lowest BCUT2D eigenvalue weighted by Crippen LogP contribution is -2.53. The molecule has 2 N–H and O–H groups in total. The summed E-state index contributed by atoms with van der Waals surface area (Å²) in [5.41, 5.74) is 1.22. The molecule has 0 aliphatic heterocycles. The molecule has 36 heavy (non-hydrogen) atoms. The van der Waals surface area contributed by atoms with Gasteiger partial charge in [-0.1, -0.05) is 30.9 Å². The highest BCUT2D eigenvalue weighted by atomic mass is 32.1. The quantitative estimate of drug-likeness (QED) is 0.401. The first-order valence-electron chi connectivity index (χ1n) is 11.6. The Balaban J connectivity index is 2.41. The third-order valence-electron chi connectivity index (χ3n) is 5.18. The molecule has 0 aliphatic rings. The average molecular weight is 514 g/mol. The molecule has 2 aromatic rings. The predicted octanol–water partition coefficient (Wildman–Crippen LogP) is 4.69. The normalized spacial score (nSPS) is 12.6. The van der Waals surface area contributed by atoms with E-state index in [9.17, 15) is 14.4 Å². The molecule has 0 saturated heterocycles. The van der Waals surface area contributed by atoms with Crippen LogP contribution >= 0.6 is 12.6 Å². The van der Waals surface area contributed by atoms with Crippen LogP contribution in [0, 0.1) is 0 Å². The number of ether oxygens (including phenoxy) is 2. The summed E-state index contributed by atoms with van der Waals surface area (Å²) in [6.07, 6.45) is 0.930. The molecule has 0 aromatic heterocycles. The first-order chi connectivity index (χ1) is 17.0. The van der Waals surface area contributed by atoms with Crippen molar-refractivity contribution in [3.63, 3.8) is 0 Å². The van der Waals surface area contributed by atoms with Crippen LogP contribution in [0.25, 0.3) is 6.08 Å². The lowest BCUT2D eigenvalue weighted by molar-refractivity contribution is -0.140. The Morgan fingerprint density at radius 3 is 2.33 bits per heavy atom. The van der Waals surface area contributed by atoms with Crippen LogP contribution in [0.4, 0.5) is 10.5 Å². The number of benzene rings is 2. The van der Waals surface area contributed by atoms with Gasteiger partial charge in [-0.15, -0.1) is 0 Å². The Kier molecular flexibility index (Phi) is 10.4.